The van der Waals surface area contributed by atoms with E-state index in [4.69, 9.17) is 23.1 Å². The number of hydrogen-bond acceptors (Lipinski definition) is 14. The number of rotatable bonds is 19. The van der Waals surface area contributed by atoms with E-state index in [1.165, 1.54) is 11.3 Å². The minimum atomic E-state index is -4.40. The van der Waals surface area contributed by atoms with Crippen LogP contribution >= 0.6 is 0 Å². The molecule has 2 aromatic rings. The molecule has 5 aliphatic rings. The Labute approximate surface area is 425 Å². The quantitative estimate of drug-likeness (QED) is 0.125. The molecule has 0 spiro atoms. The SMILES string of the molecule is CC(C)(C)OC(=O)C[C@H](C(=O)O)C1CCCCC1.CC[C@@H]1C[C@]1(CC(=O)[C@@H]1C[C@@H](Oc2nccc3cc(OC)ccc23)CN1C(=O)[C@@H](CC(=O)OC(C)(C)C)C1CCCCC1)C(=O)NS(=O)(=O)OC1(C)CC1. The number of aliphatic carboxylic acids is 1. The Morgan fingerprint density at radius 2 is 1.42 bits per heavy atom. The van der Waals surface area contributed by atoms with Crippen LogP contribution in [0.4, 0.5) is 0 Å². The molecule has 400 valence electrons. The van der Waals surface area contributed by atoms with Crippen LogP contribution in [0.1, 0.15) is 171 Å². The summed E-state index contributed by atoms with van der Waals surface area (Å²) in [6, 6.07) is 6.39. The number of amides is 2. The van der Waals surface area contributed by atoms with Gasteiger partial charge in [0.1, 0.15) is 23.1 Å². The van der Waals surface area contributed by atoms with Gasteiger partial charge in [-0.05, 0) is 141 Å². The summed E-state index contributed by atoms with van der Waals surface area (Å²) >= 11 is 0. The minimum absolute atomic E-state index is 0.00271. The van der Waals surface area contributed by atoms with E-state index >= 15 is 0 Å². The number of carboxylic acid groups (broad SMARTS) is 1. The lowest BCUT2D eigenvalue weighted by atomic mass is 9.77. The summed E-state index contributed by atoms with van der Waals surface area (Å²) < 4.78 is 55.8. The zero-order valence-corrected chi connectivity index (χ0v) is 44.7. The summed E-state index contributed by atoms with van der Waals surface area (Å²) in [6.45, 7) is 14.4. The van der Waals surface area contributed by atoms with Gasteiger partial charge in [-0.1, -0.05) is 51.9 Å². The number of carbonyl (C=O) groups excluding carboxylic acids is 5. The molecule has 2 N–H and O–H groups in total. The third kappa shape index (κ3) is 15.4. The van der Waals surface area contributed by atoms with Crippen molar-refractivity contribution in [1.29, 1.82) is 0 Å². The number of benzene rings is 1. The standard InChI is InChI=1S/C40H55N3O10S.C14H24O4/c1-7-27-22-40(27,37(47)42-54(48,49)53-39(5)16-17-39)23-33(44)32-20-29(51-35-30-14-13-28(50-6)19-26(30)15-18-41-35)24-43(32)36(46)31(25-11-9-8-10-12-25)21-34(45)52-38(2,3)4;1-14(2,3)18-12(15)9-11(13(16)17)10-7-5-4-6-8-10/h13-15,18-19,25,27,29,31-32H,7-12,16-17,20-24H2,1-6H3,(H,42,47);10-11H,4-9H2,1-3H3,(H,16,17)/t27-,29-,31+,32+,40-;11-/m10/s1. The fourth-order valence-electron chi connectivity index (χ4n) is 10.9. The molecule has 7 rings (SSSR count). The molecule has 0 bridgehead atoms. The number of aromatic nitrogens is 1. The van der Waals surface area contributed by atoms with Gasteiger partial charge in [-0.2, -0.15) is 8.42 Å². The fraction of sp³-hybridized carbons (Fsp3) is 0.722. The molecule has 1 aromatic carbocycles. The second kappa shape index (κ2) is 23.1. The van der Waals surface area contributed by atoms with Crippen molar-refractivity contribution in [2.45, 2.75) is 200 Å². The van der Waals surface area contributed by atoms with E-state index in [0.29, 0.717) is 37.3 Å². The Balaban J connectivity index is 0.000000397. The number of hydrogen-bond donors (Lipinski definition) is 2. The molecule has 2 heterocycles. The fourth-order valence-corrected chi connectivity index (χ4v) is 12.1. The third-order valence-corrected chi connectivity index (χ3v) is 16.0. The number of esters is 2. The number of ether oxygens (including phenoxy) is 4. The van der Waals surface area contributed by atoms with Gasteiger partial charge >= 0.3 is 28.2 Å². The number of nitrogens with zero attached hydrogens (tertiary/aromatic N) is 2. The Hall–Kier alpha value is -4.84. The van der Waals surface area contributed by atoms with E-state index in [9.17, 15) is 42.3 Å². The van der Waals surface area contributed by atoms with Crippen LogP contribution in [0.5, 0.6) is 11.6 Å². The van der Waals surface area contributed by atoms with Crippen molar-refractivity contribution in [2.24, 2.45) is 35.0 Å². The van der Waals surface area contributed by atoms with Gasteiger partial charge in [0.05, 0.1) is 55.4 Å². The first-order valence-electron chi connectivity index (χ1n) is 26.1. The molecular formula is C54H79N3O14S. The second-order valence-corrected chi connectivity index (χ2v) is 24.4. The summed E-state index contributed by atoms with van der Waals surface area (Å²) in [4.78, 5) is 85.4. The summed E-state index contributed by atoms with van der Waals surface area (Å²) in [7, 11) is -2.81. The van der Waals surface area contributed by atoms with E-state index < -0.39 is 80.3 Å². The van der Waals surface area contributed by atoms with Crippen LogP contribution in [0.15, 0.2) is 30.5 Å². The zero-order valence-electron chi connectivity index (χ0n) is 43.9. The average molecular weight is 1030 g/mol. The van der Waals surface area contributed by atoms with E-state index in [1.54, 1.807) is 67.8 Å². The van der Waals surface area contributed by atoms with Crippen LogP contribution in [-0.2, 0) is 52.7 Å². The predicted octanol–water partition coefficient (Wildman–Crippen LogP) is 8.82. The number of nitrogens with one attached hydrogen (secondary N) is 1. The van der Waals surface area contributed by atoms with Crippen molar-refractivity contribution in [3.8, 4) is 11.6 Å². The summed E-state index contributed by atoms with van der Waals surface area (Å²) in [5.41, 5.74) is -3.37. The molecule has 1 saturated heterocycles. The molecule has 0 radical (unpaired) electrons. The lowest BCUT2D eigenvalue weighted by Crippen LogP contribution is -2.48. The highest BCUT2D eigenvalue weighted by molar-refractivity contribution is 7.85. The summed E-state index contributed by atoms with van der Waals surface area (Å²) in [6.07, 6.45) is 12.4. The first-order valence-corrected chi connectivity index (χ1v) is 27.5. The van der Waals surface area contributed by atoms with Crippen LogP contribution in [0.2, 0.25) is 0 Å². The first-order chi connectivity index (χ1) is 33.7. The molecule has 18 heteroatoms. The number of Topliss-reactive ketones (excluding diaryl/α,β-unsaturated/α-hetero) is 1. The third-order valence-electron chi connectivity index (χ3n) is 15.0. The lowest BCUT2D eigenvalue weighted by molar-refractivity contribution is -0.161. The maximum absolute atomic E-state index is 14.8. The highest BCUT2D eigenvalue weighted by Gasteiger charge is 2.62. The van der Waals surface area contributed by atoms with Crippen LogP contribution < -0.4 is 14.2 Å². The highest BCUT2D eigenvalue weighted by atomic mass is 32.2. The van der Waals surface area contributed by atoms with Gasteiger partial charge in [0.25, 0.3) is 0 Å². The molecule has 5 fully saturated rings. The minimum Gasteiger partial charge on any atom is -0.497 e. The van der Waals surface area contributed by atoms with Crippen molar-refractivity contribution in [1.82, 2.24) is 14.6 Å². The van der Waals surface area contributed by atoms with Crippen molar-refractivity contribution in [3.05, 3.63) is 30.5 Å². The van der Waals surface area contributed by atoms with Gasteiger partial charge in [0.15, 0.2) is 5.78 Å². The monoisotopic (exact) mass is 1030 g/mol. The molecular weight excluding hydrogens is 947 g/mol. The summed E-state index contributed by atoms with van der Waals surface area (Å²) in [5.74, 6) is -3.61. The lowest BCUT2D eigenvalue weighted by Gasteiger charge is -2.34. The van der Waals surface area contributed by atoms with Crippen molar-refractivity contribution in [2.75, 3.05) is 13.7 Å². The van der Waals surface area contributed by atoms with E-state index in [2.05, 4.69) is 9.71 Å². The van der Waals surface area contributed by atoms with Crippen molar-refractivity contribution >= 4 is 56.6 Å². The number of pyridine rings is 1. The number of methoxy groups -OCH3 is 1. The Morgan fingerprint density at radius 3 is 1.93 bits per heavy atom. The Kier molecular flexibility index (Phi) is 18.2. The molecule has 17 nitrogen and oxygen atoms in total. The van der Waals surface area contributed by atoms with Gasteiger partial charge < -0.3 is 29.0 Å². The van der Waals surface area contributed by atoms with Gasteiger partial charge in [-0.15, -0.1) is 0 Å². The topological polar surface area (TPSA) is 231 Å². The van der Waals surface area contributed by atoms with Gasteiger partial charge in [-0.3, -0.25) is 28.8 Å². The molecule has 4 saturated carbocycles. The number of carboxylic acids is 1. The highest BCUT2D eigenvalue weighted by Crippen LogP contribution is 2.58. The molecule has 4 aliphatic carbocycles. The van der Waals surface area contributed by atoms with E-state index in [0.717, 1.165) is 68.6 Å². The van der Waals surface area contributed by atoms with Crippen molar-refractivity contribution < 1.29 is 65.4 Å². The van der Waals surface area contributed by atoms with Crippen molar-refractivity contribution in [3.63, 3.8) is 0 Å². The molecule has 0 unspecified atom stereocenters. The molecule has 6 atom stereocenters. The Bertz CT molecular complexity index is 2400. The zero-order chi connectivity index (χ0) is 52.8. The van der Waals surface area contributed by atoms with Crippen LogP contribution in [0, 0.1) is 35.0 Å². The molecule has 72 heavy (non-hydrogen) atoms. The maximum Gasteiger partial charge on any atom is 0.362 e. The maximum atomic E-state index is 14.8. The molecule has 1 aromatic heterocycles. The predicted molar refractivity (Wildman–Crippen MR) is 268 cm³/mol. The number of ketones is 1. The van der Waals surface area contributed by atoms with Crippen LogP contribution in [-0.4, -0.2) is 102 Å². The Morgan fingerprint density at radius 1 is 0.847 bits per heavy atom. The van der Waals surface area contributed by atoms with E-state index in [1.807, 2.05) is 25.1 Å². The van der Waals surface area contributed by atoms with E-state index in [-0.39, 0.29) is 61.7 Å². The molecule has 1 aliphatic heterocycles. The number of likely N-dealkylation sites (tertiary alicyclic amines) is 1. The number of fused-ring (bicyclic) bond motifs is 1. The largest absolute Gasteiger partial charge is 0.497 e. The smallest absolute Gasteiger partial charge is 0.362 e. The molecule has 2 amide bonds. The summed E-state index contributed by atoms with van der Waals surface area (Å²) in [5, 5.41) is 10.8. The normalized spacial score (nSPS) is 24.2. The number of carbonyl (C=O) groups is 6. The van der Waals surface area contributed by atoms with Gasteiger partial charge in [0.2, 0.25) is 17.7 Å². The second-order valence-electron chi connectivity index (χ2n) is 23.1. The average Bonchev–Trinajstić information content (AvgIpc) is 4.17. The van der Waals surface area contributed by atoms with Crippen LogP contribution in [0.25, 0.3) is 10.8 Å². The van der Waals surface area contributed by atoms with Gasteiger partial charge in [0, 0.05) is 24.4 Å². The van der Waals surface area contributed by atoms with Crippen LogP contribution in [0.3, 0.4) is 0 Å². The first kappa shape index (κ1) is 56.5. The van der Waals surface area contributed by atoms with Gasteiger partial charge in [-0.25, -0.2) is 13.9 Å².